The summed E-state index contributed by atoms with van der Waals surface area (Å²) >= 11 is 0. The van der Waals surface area contributed by atoms with E-state index in [1.54, 1.807) is 12.3 Å². The number of nitrogens with zero attached hydrogens (tertiary/aromatic N) is 1. The van der Waals surface area contributed by atoms with Crippen LogP contribution in [-0.4, -0.2) is 37.9 Å². The number of nitrogens with one attached hydrogen (secondary N) is 1. The molecular weight excluding hydrogens is 264 g/mol. The summed E-state index contributed by atoms with van der Waals surface area (Å²) in [5.74, 6) is 0. The monoisotopic (exact) mass is 284 g/mol. The highest BCUT2D eigenvalue weighted by molar-refractivity contribution is 7.90. The van der Waals surface area contributed by atoms with E-state index in [1.165, 1.54) is 6.07 Å². The Balaban J connectivity index is 2.04. The highest BCUT2D eigenvalue weighted by Crippen LogP contribution is 2.26. The normalized spacial score (nSPS) is 23.0. The number of hydrogen-bond acceptors (Lipinski definition) is 5. The van der Waals surface area contributed by atoms with Crippen molar-refractivity contribution in [2.24, 2.45) is 0 Å². The van der Waals surface area contributed by atoms with Crippen LogP contribution in [0, 0.1) is 0 Å². The number of rotatable bonds is 3. The van der Waals surface area contributed by atoms with E-state index in [2.05, 4.69) is 24.1 Å². The van der Waals surface area contributed by atoms with Crippen LogP contribution in [0.15, 0.2) is 23.4 Å². The molecule has 0 bridgehead atoms. The van der Waals surface area contributed by atoms with Crippen molar-refractivity contribution in [1.82, 2.24) is 4.98 Å². The predicted molar refractivity (Wildman–Crippen MR) is 74.0 cm³/mol. The number of hydrogen-bond donors (Lipinski definition) is 1. The average molecular weight is 284 g/mol. The summed E-state index contributed by atoms with van der Waals surface area (Å²) < 4.78 is 28.3. The van der Waals surface area contributed by atoms with Crippen LogP contribution in [0.1, 0.15) is 26.7 Å². The van der Waals surface area contributed by atoms with Gasteiger partial charge in [0.2, 0.25) is 0 Å². The summed E-state index contributed by atoms with van der Waals surface area (Å²) in [6, 6.07) is 3.61. The van der Waals surface area contributed by atoms with Gasteiger partial charge >= 0.3 is 0 Å². The van der Waals surface area contributed by atoms with Crippen LogP contribution < -0.4 is 5.32 Å². The molecular formula is C13H20N2O3S. The Bertz CT molecular complexity index is 538. The molecule has 1 atom stereocenters. The van der Waals surface area contributed by atoms with Gasteiger partial charge in [-0.2, -0.15) is 0 Å². The lowest BCUT2D eigenvalue weighted by Crippen LogP contribution is -2.40. The lowest BCUT2D eigenvalue weighted by Gasteiger charge is -2.36. The molecule has 6 heteroatoms. The van der Waals surface area contributed by atoms with Crippen LogP contribution in [0.2, 0.25) is 0 Å². The molecule has 1 N–H and O–H groups in total. The van der Waals surface area contributed by atoms with E-state index in [0.717, 1.165) is 31.4 Å². The van der Waals surface area contributed by atoms with Crippen LogP contribution >= 0.6 is 0 Å². The van der Waals surface area contributed by atoms with E-state index >= 15 is 0 Å². The second-order valence-corrected chi connectivity index (χ2v) is 7.56. The van der Waals surface area contributed by atoms with Gasteiger partial charge in [0, 0.05) is 18.9 Å². The minimum absolute atomic E-state index is 0.102. The number of pyridine rings is 1. The van der Waals surface area contributed by atoms with Gasteiger partial charge < -0.3 is 10.1 Å². The van der Waals surface area contributed by atoms with Crippen molar-refractivity contribution in [3.8, 4) is 0 Å². The van der Waals surface area contributed by atoms with Gasteiger partial charge in [-0.1, -0.05) is 0 Å². The Kier molecular flexibility index (Phi) is 3.82. The third-order valence-electron chi connectivity index (χ3n) is 3.18. The zero-order valence-corrected chi connectivity index (χ0v) is 12.3. The summed E-state index contributed by atoms with van der Waals surface area (Å²) in [7, 11) is -3.23. The Morgan fingerprint density at radius 2 is 2.16 bits per heavy atom. The number of ether oxygens (including phenoxy) is 1. The van der Waals surface area contributed by atoms with Crippen LogP contribution in [-0.2, 0) is 14.6 Å². The number of aromatic nitrogens is 1. The first-order chi connectivity index (χ1) is 8.76. The largest absolute Gasteiger partial charge is 0.381 e. The van der Waals surface area contributed by atoms with Crippen molar-refractivity contribution in [2.75, 3.05) is 18.2 Å². The minimum atomic E-state index is -3.23. The van der Waals surface area contributed by atoms with E-state index in [9.17, 15) is 8.42 Å². The molecule has 5 nitrogen and oxygen atoms in total. The van der Waals surface area contributed by atoms with Crippen molar-refractivity contribution >= 4 is 15.5 Å². The van der Waals surface area contributed by atoms with Crippen molar-refractivity contribution in [1.29, 1.82) is 0 Å². The molecule has 1 aromatic rings. The quantitative estimate of drug-likeness (QED) is 0.917. The van der Waals surface area contributed by atoms with Gasteiger partial charge in [-0.05, 0) is 38.8 Å². The van der Waals surface area contributed by atoms with Gasteiger partial charge in [0.25, 0.3) is 0 Å². The molecule has 19 heavy (non-hydrogen) atoms. The zero-order valence-electron chi connectivity index (χ0n) is 11.5. The molecule has 0 aromatic carbocycles. The summed E-state index contributed by atoms with van der Waals surface area (Å²) in [6.45, 7) is 4.89. The molecule has 2 rings (SSSR count). The third-order valence-corrected chi connectivity index (χ3v) is 4.19. The lowest BCUT2D eigenvalue weighted by atomic mass is 9.94. The first-order valence-electron chi connectivity index (χ1n) is 6.33. The van der Waals surface area contributed by atoms with Crippen LogP contribution in [0.25, 0.3) is 0 Å². The fraction of sp³-hybridized carbons (Fsp3) is 0.615. The summed E-state index contributed by atoms with van der Waals surface area (Å²) in [6.07, 6.45) is 4.58. The molecule has 0 saturated carbocycles. The van der Waals surface area contributed by atoms with Crippen LogP contribution in [0.3, 0.4) is 0 Å². The highest BCUT2D eigenvalue weighted by Gasteiger charge is 2.28. The zero-order chi connectivity index (χ0) is 14.1. The van der Waals surface area contributed by atoms with Gasteiger partial charge in [0.15, 0.2) is 14.9 Å². The fourth-order valence-corrected chi connectivity index (χ4v) is 2.84. The molecule has 0 radical (unpaired) electrons. The lowest BCUT2D eigenvalue weighted by molar-refractivity contribution is -0.0553. The molecule has 1 aliphatic rings. The third kappa shape index (κ3) is 3.91. The molecule has 1 fully saturated rings. The Morgan fingerprint density at radius 1 is 1.42 bits per heavy atom. The summed E-state index contributed by atoms with van der Waals surface area (Å²) in [5.41, 5.74) is 0.728. The molecule has 106 valence electrons. The Labute approximate surface area is 114 Å². The van der Waals surface area contributed by atoms with Crippen LogP contribution in [0.4, 0.5) is 5.69 Å². The van der Waals surface area contributed by atoms with E-state index in [-0.39, 0.29) is 10.6 Å². The van der Waals surface area contributed by atoms with Gasteiger partial charge in [0.05, 0.1) is 17.5 Å². The molecule has 1 unspecified atom stereocenters. The van der Waals surface area contributed by atoms with Crippen molar-refractivity contribution < 1.29 is 13.2 Å². The topological polar surface area (TPSA) is 68.3 Å². The SMILES string of the molecule is CC1(C)CC(Nc2ccc(S(C)(=O)=O)nc2)CCO1. The van der Waals surface area contributed by atoms with Gasteiger partial charge in [-0.15, -0.1) is 0 Å². The second kappa shape index (κ2) is 5.09. The highest BCUT2D eigenvalue weighted by atomic mass is 32.2. The van der Waals surface area contributed by atoms with Crippen LogP contribution in [0.5, 0.6) is 0 Å². The maximum Gasteiger partial charge on any atom is 0.192 e. The number of anilines is 1. The predicted octanol–water partition coefficient (Wildman–Crippen LogP) is 1.85. The van der Waals surface area contributed by atoms with E-state index in [0.29, 0.717) is 6.04 Å². The summed E-state index contributed by atoms with van der Waals surface area (Å²) in [5, 5.41) is 3.48. The van der Waals surface area contributed by atoms with Crippen molar-refractivity contribution in [3.05, 3.63) is 18.3 Å². The van der Waals surface area contributed by atoms with Crippen molar-refractivity contribution in [2.45, 2.75) is 43.4 Å². The van der Waals surface area contributed by atoms with Crippen molar-refractivity contribution in [3.63, 3.8) is 0 Å². The van der Waals surface area contributed by atoms with E-state index in [4.69, 9.17) is 4.74 Å². The van der Waals surface area contributed by atoms with Gasteiger partial charge in [-0.3, -0.25) is 0 Å². The van der Waals surface area contributed by atoms with Gasteiger partial charge in [-0.25, -0.2) is 13.4 Å². The average Bonchev–Trinajstić information content (AvgIpc) is 2.27. The Hall–Kier alpha value is -1.14. The number of sulfone groups is 1. The maximum atomic E-state index is 11.3. The Morgan fingerprint density at radius 3 is 2.68 bits per heavy atom. The van der Waals surface area contributed by atoms with E-state index in [1.807, 2.05) is 0 Å². The standard InChI is InChI=1S/C13H20N2O3S/c1-13(2)8-10(6-7-18-13)15-11-4-5-12(14-9-11)19(3,16)17/h4-5,9-10,15H,6-8H2,1-3H3. The first-order valence-corrected chi connectivity index (χ1v) is 8.22. The molecule has 0 aliphatic carbocycles. The van der Waals surface area contributed by atoms with Gasteiger partial charge in [0.1, 0.15) is 0 Å². The minimum Gasteiger partial charge on any atom is -0.381 e. The van der Waals surface area contributed by atoms with E-state index < -0.39 is 9.84 Å². The second-order valence-electron chi connectivity index (χ2n) is 5.60. The fourth-order valence-electron chi connectivity index (χ4n) is 2.28. The first kappa shape index (κ1) is 14.3. The molecule has 0 amide bonds. The molecule has 2 heterocycles. The maximum absolute atomic E-state index is 11.3. The molecule has 1 aliphatic heterocycles. The molecule has 1 aromatic heterocycles. The summed E-state index contributed by atoms with van der Waals surface area (Å²) in [4.78, 5) is 3.97. The molecule has 0 spiro atoms. The smallest absolute Gasteiger partial charge is 0.192 e. The molecule has 1 saturated heterocycles.